The van der Waals surface area contributed by atoms with E-state index in [9.17, 15) is 0 Å². The Labute approximate surface area is 106 Å². The molecule has 1 fully saturated rings. The number of hydrogen-bond acceptors (Lipinski definition) is 2. The molecule has 1 saturated heterocycles. The van der Waals surface area contributed by atoms with E-state index in [1.165, 1.54) is 6.42 Å². The molecule has 0 aromatic heterocycles. The Bertz CT molecular complexity index is 281. The van der Waals surface area contributed by atoms with E-state index in [1.807, 2.05) is 7.05 Å². The zero-order chi connectivity index (χ0) is 13.0. The highest BCUT2D eigenvalue weighted by molar-refractivity contribution is 5.88. The van der Waals surface area contributed by atoms with Gasteiger partial charge in [-0.15, -0.1) is 0 Å². The van der Waals surface area contributed by atoms with Crippen LogP contribution in [0.5, 0.6) is 0 Å². The van der Waals surface area contributed by atoms with E-state index >= 15 is 0 Å². The lowest BCUT2D eigenvalue weighted by Gasteiger charge is -2.28. The predicted molar refractivity (Wildman–Crippen MR) is 74.5 cm³/mol. The Hall–Kier alpha value is -0.700. The molecule has 1 aliphatic rings. The first-order valence-electron chi connectivity index (χ1n) is 6.86. The third-order valence-electron chi connectivity index (χ3n) is 4.24. The number of rotatable bonds is 6. The molecular formula is C14H28N3+. The highest BCUT2D eigenvalue weighted by Crippen LogP contribution is 2.20. The van der Waals surface area contributed by atoms with Crippen molar-refractivity contribution in [3.05, 3.63) is 0 Å². The molecular weight excluding hydrogens is 210 g/mol. The predicted octanol–water partition coefficient (Wildman–Crippen LogP) is 2.25. The van der Waals surface area contributed by atoms with E-state index in [0.29, 0.717) is 18.0 Å². The Morgan fingerprint density at radius 1 is 1.47 bits per heavy atom. The van der Waals surface area contributed by atoms with Gasteiger partial charge in [0.05, 0.1) is 6.54 Å². The second kappa shape index (κ2) is 6.29. The fourth-order valence-corrected chi connectivity index (χ4v) is 2.75. The van der Waals surface area contributed by atoms with Crippen molar-refractivity contribution in [1.82, 2.24) is 4.90 Å². The molecule has 98 valence electrons. The molecule has 2 atom stereocenters. The molecule has 0 spiro atoms. The van der Waals surface area contributed by atoms with Crippen molar-refractivity contribution in [3.63, 3.8) is 0 Å². The number of likely N-dealkylation sites (tertiary alicyclic amines) is 1. The third kappa shape index (κ3) is 3.38. The minimum atomic E-state index is 0.296. The van der Waals surface area contributed by atoms with Crippen LogP contribution in [0.15, 0.2) is 0 Å². The van der Waals surface area contributed by atoms with Gasteiger partial charge in [-0.25, -0.2) is 4.58 Å². The topological polar surface area (TPSA) is 30.1 Å². The summed E-state index contributed by atoms with van der Waals surface area (Å²) < 4.78 is 2.06. The Morgan fingerprint density at radius 2 is 2.06 bits per heavy atom. The van der Waals surface area contributed by atoms with Crippen LogP contribution in [0, 0.1) is 11.3 Å². The van der Waals surface area contributed by atoms with Crippen molar-refractivity contribution < 1.29 is 4.58 Å². The van der Waals surface area contributed by atoms with Crippen LogP contribution >= 0.6 is 0 Å². The molecule has 0 radical (unpaired) electrons. The van der Waals surface area contributed by atoms with Gasteiger partial charge >= 0.3 is 0 Å². The first kappa shape index (κ1) is 14.4. The number of nitrogens with zero attached hydrogens (tertiary/aromatic N) is 2. The van der Waals surface area contributed by atoms with Crippen LogP contribution in [0.1, 0.15) is 40.0 Å². The van der Waals surface area contributed by atoms with E-state index in [0.717, 1.165) is 31.6 Å². The van der Waals surface area contributed by atoms with Crippen LogP contribution < -0.4 is 0 Å². The summed E-state index contributed by atoms with van der Waals surface area (Å²) in [4.78, 5) is 2.44. The fourth-order valence-electron chi connectivity index (χ4n) is 2.75. The van der Waals surface area contributed by atoms with Crippen molar-refractivity contribution in [3.8, 4) is 0 Å². The molecule has 1 heterocycles. The quantitative estimate of drug-likeness (QED) is 0.558. The molecule has 3 nitrogen and oxygen atoms in total. The lowest BCUT2D eigenvalue weighted by molar-refractivity contribution is -0.525. The minimum Gasteiger partial charge on any atom is -0.308 e. The summed E-state index contributed by atoms with van der Waals surface area (Å²) in [5.41, 5.74) is 0.919. The maximum absolute atomic E-state index is 8.32. The summed E-state index contributed by atoms with van der Waals surface area (Å²) in [5, 5.41) is 8.32. The van der Waals surface area contributed by atoms with Crippen LogP contribution in [0.3, 0.4) is 0 Å². The summed E-state index contributed by atoms with van der Waals surface area (Å²) >= 11 is 0. The molecule has 0 bridgehead atoms. The van der Waals surface area contributed by atoms with Crippen molar-refractivity contribution in [2.24, 2.45) is 5.92 Å². The van der Waals surface area contributed by atoms with E-state index in [4.69, 9.17) is 5.41 Å². The zero-order valence-corrected chi connectivity index (χ0v) is 11.9. The van der Waals surface area contributed by atoms with Crippen LogP contribution in [0.2, 0.25) is 0 Å². The maximum Gasteiger partial charge on any atom is 0.165 e. The minimum absolute atomic E-state index is 0.296. The van der Waals surface area contributed by atoms with E-state index < -0.39 is 0 Å². The van der Waals surface area contributed by atoms with Crippen molar-refractivity contribution >= 4 is 12.4 Å². The standard InChI is InChI=1S/C14H28N3/c1-6-12(7-2)14(15)11(3)17-9-8-13(10-17)16(4)5/h11-13,15H,4,6-10H2,1-3,5H3/q+1. The summed E-state index contributed by atoms with van der Waals surface area (Å²) in [7, 11) is 2.05. The van der Waals surface area contributed by atoms with Gasteiger partial charge in [-0.3, -0.25) is 4.90 Å². The van der Waals surface area contributed by atoms with Gasteiger partial charge in [0.15, 0.2) is 6.04 Å². The van der Waals surface area contributed by atoms with Gasteiger partial charge in [0.25, 0.3) is 0 Å². The molecule has 2 unspecified atom stereocenters. The lowest BCUT2D eigenvalue weighted by atomic mass is 9.92. The first-order valence-corrected chi connectivity index (χ1v) is 6.86. The van der Waals surface area contributed by atoms with Gasteiger partial charge in [0.1, 0.15) is 13.8 Å². The van der Waals surface area contributed by atoms with Crippen LogP contribution in [0.25, 0.3) is 0 Å². The van der Waals surface area contributed by atoms with Gasteiger partial charge in [0, 0.05) is 24.7 Å². The largest absolute Gasteiger partial charge is 0.308 e. The molecule has 1 rings (SSSR count). The van der Waals surface area contributed by atoms with Crippen molar-refractivity contribution in [2.45, 2.75) is 52.1 Å². The Morgan fingerprint density at radius 3 is 2.47 bits per heavy atom. The molecule has 1 aliphatic heterocycles. The van der Waals surface area contributed by atoms with Crippen molar-refractivity contribution in [2.75, 3.05) is 20.1 Å². The highest BCUT2D eigenvalue weighted by Gasteiger charge is 2.33. The maximum atomic E-state index is 8.32. The normalized spacial score (nSPS) is 23.0. The Kier molecular flexibility index (Phi) is 5.31. The smallest absolute Gasteiger partial charge is 0.165 e. The first-order chi connectivity index (χ1) is 8.01. The molecule has 0 aromatic carbocycles. The Balaban J connectivity index is 2.56. The van der Waals surface area contributed by atoms with Gasteiger partial charge in [-0.2, -0.15) is 0 Å². The summed E-state index contributed by atoms with van der Waals surface area (Å²) in [6.45, 7) is 12.7. The summed E-state index contributed by atoms with van der Waals surface area (Å²) in [6, 6.07) is 0.858. The molecule has 0 amide bonds. The average molecular weight is 238 g/mol. The van der Waals surface area contributed by atoms with Crippen LogP contribution in [-0.4, -0.2) is 54.1 Å². The number of likely N-dealkylation sites (N-methyl/N-ethyl adjacent to an activating group) is 1. The van der Waals surface area contributed by atoms with E-state index in [-0.39, 0.29) is 0 Å². The van der Waals surface area contributed by atoms with Gasteiger partial charge in [-0.1, -0.05) is 13.8 Å². The second-order valence-corrected chi connectivity index (χ2v) is 5.34. The molecule has 0 aromatic rings. The summed E-state index contributed by atoms with van der Waals surface area (Å²) in [5.74, 6) is 0.460. The lowest BCUT2D eigenvalue weighted by Crippen LogP contribution is -2.41. The summed E-state index contributed by atoms with van der Waals surface area (Å²) in [6.07, 6.45) is 3.36. The molecule has 3 heteroatoms. The van der Waals surface area contributed by atoms with Gasteiger partial charge in [-0.05, 0) is 25.7 Å². The molecule has 0 aliphatic carbocycles. The number of nitrogens with one attached hydrogen (secondary N) is 1. The SMILES string of the molecule is C=[N+](C)C1CCN(C(C)C(=N)C(CC)CC)C1. The van der Waals surface area contributed by atoms with Gasteiger partial charge in [0.2, 0.25) is 0 Å². The van der Waals surface area contributed by atoms with E-state index in [2.05, 4.69) is 37.0 Å². The van der Waals surface area contributed by atoms with E-state index in [1.54, 1.807) is 0 Å². The monoisotopic (exact) mass is 238 g/mol. The van der Waals surface area contributed by atoms with Crippen molar-refractivity contribution in [1.29, 1.82) is 5.41 Å². The molecule has 1 N–H and O–H groups in total. The van der Waals surface area contributed by atoms with Gasteiger partial charge < -0.3 is 5.41 Å². The second-order valence-electron chi connectivity index (χ2n) is 5.34. The molecule has 17 heavy (non-hydrogen) atoms. The number of hydrogen-bond donors (Lipinski definition) is 1. The fraction of sp³-hybridized carbons (Fsp3) is 0.857. The third-order valence-corrected chi connectivity index (χ3v) is 4.24. The highest BCUT2D eigenvalue weighted by atomic mass is 15.2. The molecule has 0 saturated carbocycles. The average Bonchev–Trinajstić information content (AvgIpc) is 2.78. The van der Waals surface area contributed by atoms with Crippen LogP contribution in [0.4, 0.5) is 0 Å². The zero-order valence-electron chi connectivity index (χ0n) is 11.9. The van der Waals surface area contributed by atoms with Crippen LogP contribution in [-0.2, 0) is 0 Å².